The van der Waals surface area contributed by atoms with Gasteiger partial charge in [-0.3, -0.25) is 9.59 Å². The average molecular weight is 407 g/mol. The summed E-state index contributed by atoms with van der Waals surface area (Å²) in [6.45, 7) is 1.46. The van der Waals surface area contributed by atoms with Crippen LogP contribution >= 0.6 is 0 Å². The maximum atomic E-state index is 13.7. The minimum Gasteiger partial charge on any atom is -0.383 e. The third kappa shape index (κ3) is 3.74. The van der Waals surface area contributed by atoms with E-state index in [1.54, 1.807) is 7.11 Å². The first-order valence-electron chi connectivity index (χ1n) is 10.9. The number of amides is 2. The van der Waals surface area contributed by atoms with Crippen LogP contribution < -0.4 is 5.32 Å². The van der Waals surface area contributed by atoms with Crippen LogP contribution in [0.2, 0.25) is 0 Å². The van der Waals surface area contributed by atoms with Crippen molar-refractivity contribution in [2.75, 3.05) is 20.3 Å². The summed E-state index contributed by atoms with van der Waals surface area (Å²) in [7, 11) is 1.63. The summed E-state index contributed by atoms with van der Waals surface area (Å²) in [5.41, 5.74) is 2.12. The quantitative estimate of drug-likeness (QED) is 0.741. The first-order valence-corrected chi connectivity index (χ1v) is 10.9. The first kappa shape index (κ1) is 20.6. The van der Waals surface area contributed by atoms with Crippen LogP contribution in [0.15, 0.2) is 54.6 Å². The van der Waals surface area contributed by atoms with Crippen molar-refractivity contribution in [1.82, 2.24) is 10.2 Å². The van der Waals surface area contributed by atoms with Crippen LogP contribution in [0, 0.1) is 0 Å². The lowest BCUT2D eigenvalue weighted by atomic mass is 9.65. The molecule has 1 heterocycles. The summed E-state index contributed by atoms with van der Waals surface area (Å²) in [5, 5.41) is 3.06. The largest absolute Gasteiger partial charge is 0.383 e. The van der Waals surface area contributed by atoms with Gasteiger partial charge in [-0.25, -0.2) is 0 Å². The molecule has 0 saturated heterocycles. The number of rotatable bonds is 6. The highest BCUT2D eigenvalue weighted by Gasteiger charge is 2.54. The average Bonchev–Trinajstić information content (AvgIpc) is 2.78. The van der Waals surface area contributed by atoms with Gasteiger partial charge in [-0.05, 0) is 30.0 Å². The van der Waals surface area contributed by atoms with Crippen molar-refractivity contribution in [1.29, 1.82) is 0 Å². The van der Waals surface area contributed by atoms with Crippen LogP contribution in [0.1, 0.15) is 59.5 Å². The molecule has 30 heavy (non-hydrogen) atoms. The molecule has 1 spiro atoms. The number of hydrogen-bond donors (Lipinski definition) is 1. The molecule has 1 fully saturated rings. The van der Waals surface area contributed by atoms with Crippen LogP contribution in [0.4, 0.5) is 0 Å². The molecule has 4 rings (SSSR count). The van der Waals surface area contributed by atoms with Gasteiger partial charge in [0.15, 0.2) is 0 Å². The molecule has 1 aliphatic heterocycles. The lowest BCUT2D eigenvalue weighted by molar-refractivity contribution is -0.127. The van der Waals surface area contributed by atoms with Gasteiger partial charge in [0.2, 0.25) is 5.91 Å². The van der Waals surface area contributed by atoms with E-state index in [0.717, 1.165) is 43.2 Å². The van der Waals surface area contributed by atoms with E-state index in [2.05, 4.69) is 17.4 Å². The zero-order valence-corrected chi connectivity index (χ0v) is 17.6. The molecule has 1 atom stereocenters. The molecule has 1 saturated carbocycles. The van der Waals surface area contributed by atoms with Crippen molar-refractivity contribution in [2.24, 2.45) is 0 Å². The summed E-state index contributed by atoms with van der Waals surface area (Å²) in [6, 6.07) is 17.7. The van der Waals surface area contributed by atoms with Gasteiger partial charge in [-0.1, -0.05) is 67.8 Å². The summed E-state index contributed by atoms with van der Waals surface area (Å²) in [5.74, 6) is -0.337. The monoisotopic (exact) mass is 406 g/mol. The molecule has 2 aromatic rings. The van der Waals surface area contributed by atoms with Crippen molar-refractivity contribution in [3.05, 3.63) is 71.3 Å². The number of carbonyl (C=O) groups excluding carboxylic acids is 2. The fraction of sp³-hybridized carbons (Fsp3) is 0.440. The van der Waals surface area contributed by atoms with Crippen LogP contribution in [-0.4, -0.2) is 42.5 Å². The number of nitrogens with zero attached hydrogens (tertiary/aromatic N) is 1. The number of carbonyl (C=O) groups is 2. The van der Waals surface area contributed by atoms with Crippen molar-refractivity contribution in [2.45, 2.75) is 50.1 Å². The summed E-state index contributed by atoms with van der Waals surface area (Å²) in [6.07, 6.45) is 4.91. The third-order valence-electron chi connectivity index (χ3n) is 6.59. The molecule has 1 aliphatic carbocycles. The summed E-state index contributed by atoms with van der Waals surface area (Å²) in [4.78, 5) is 29.2. The predicted octanol–water partition coefficient (Wildman–Crippen LogP) is 3.89. The third-order valence-corrected chi connectivity index (χ3v) is 6.59. The summed E-state index contributed by atoms with van der Waals surface area (Å²) < 4.78 is 5.12. The van der Waals surface area contributed by atoms with E-state index in [1.807, 2.05) is 47.4 Å². The van der Waals surface area contributed by atoms with Gasteiger partial charge < -0.3 is 15.0 Å². The standard InChI is InChI=1S/C25H30N2O3/c1-30-17-16-26-23(28)22-20-12-6-7-13-21(20)24(29)27(18-19-10-4-2-5-11-19)25(22)14-8-3-9-15-25/h2,4-7,10-13,22H,3,8-9,14-18H2,1H3,(H,26,28)/t22-/m0/s1. The van der Waals surface area contributed by atoms with E-state index < -0.39 is 5.54 Å². The Bertz CT molecular complexity index is 890. The van der Waals surface area contributed by atoms with E-state index in [9.17, 15) is 9.59 Å². The molecule has 5 nitrogen and oxygen atoms in total. The van der Waals surface area contributed by atoms with Gasteiger partial charge in [-0.15, -0.1) is 0 Å². The Hall–Kier alpha value is -2.66. The normalized spacial score (nSPS) is 20.1. The molecular formula is C25H30N2O3. The summed E-state index contributed by atoms with van der Waals surface area (Å²) >= 11 is 0. The zero-order chi connectivity index (χ0) is 21.0. The predicted molar refractivity (Wildman–Crippen MR) is 116 cm³/mol. The molecule has 0 radical (unpaired) electrons. The number of ether oxygens (including phenoxy) is 1. The maximum Gasteiger partial charge on any atom is 0.254 e. The first-order chi connectivity index (χ1) is 14.7. The van der Waals surface area contributed by atoms with Crippen LogP contribution in [0.25, 0.3) is 0 Å². The van der Waals surface area contributed by atoms with Crippen molar-refractivity contribution < 1.29 is 14.3 Å². The highest BCUT2D eigenvalue weighted by atomic mass is 16.5. The van der Waals surface area contributed by atoms with Gasteiger partial charge in [0.05, 0.1) is 18.1 Å². The number of nitrogens with one attached hydrogen (secondary N) is 1. The minimum atomic E-state index is -0.489. The molecule has 0 unspecified atom stereocenters. The van der Waals surface area contributed by atoms with Gasteiger partial charge in [-0.2, -0.15) is 0 Å². The molecule has 2 amide bonds. The second-order valence-corrected chi connectivity index (χ2v) is 8.35. The lowest BCUT2D eigenvalue weighted by Crippen LogP contribution is -2.62. The Morgan fingerprint density at radius 2 is 1.77 bits per heavy atom. The second-order valence-electron chi connectivity index (χ2n) is 8.35. The van der Waals surface area contributed by atoms with E-state index in [4.69, 9.17) is 4.74 Å². The van der Waals surface area contributed by atoms with Gasteiger partial charge >= 0.3 is 0 Å². The topological polar surface area (TPSA) is 58.6 Å². The number of benzene rings is 2. The van der Waals surface area contributed by atoms with E-state index in [1.165, 1.54) is 0 Å². The highest BCUT2D eigenvalue weighted by Crippen LogP contribution is 2.49. The Kier molecular flexibility index (Phi) is 6.18. The van der Waals surface area contributed by atoms with Crippen LogP contribution in [-0.2, 0) is 16.1 Å². The molecule has 5 heteroatoms. The van der Waals surface area contributed by atoms with Crippen molar-refractivity contribution in [3.63, 3.8) is 0 Å². The van der Waals surface area contributed by atoms with Crippen molar-refractivity contribution in [3.8, 4) is 0 Å². The lowest BCUT2D eigenvalue weighted by Gasteiger charge is -2.53. The van der Waals surface area contributed by atoms with E-state index in [0.29, 0.717) is 25.3 Å². The molecule has 0 bridgehead atoms. The van der Waals surface area contributed by atoms with Crippen molar-refractivity contribution >= 4 is 11.8 Å². The second kappa shape index (κ2) is 9.00. The fourth-order valence-electron chi connectivity index (χ4n) is 5.22. The van der Waals surface area contributed by atoms with Gasteiger partial charge in [0, 0.05) is 25.8 Å². The molecule has 2 aliphatic rings. The number of methoxy groups -OCH3 is 1. The zero-order valence-electron chi connectivity index (χ0n) is 17.6. The Balaban J connectivity index is 1.79. The number of hydrogen-bond acceptors (Lipinski definition) is 3. The smallest absolute Gasteiger partial charge is 0.254 e. The maximum absolute atomic E-state index is 13.7. The number of fused-ring (bicyclic) bond motifs is 1. The SMILES string of the molecule is COCCNC(=O)[C@@H]1c2ccccc2C(=O)N(Cc2ccccc2)C12CCCCC2. The van der Waals surface area contributed by atoms with E-state index >= 15 is 0 Å². The van der Waals surface area contributed by atoms with E-state index in [-0.39, 0.29) is 17.7 Å². The Morgan fingerprint density at radius 3 is 2.50 bits per heavy atom. The molecule has 2 aromatic carbocycles. The Morgan fingerprint density at radius 1 is 1.07 bits per heavy atom. The highest BCUT2D eigenvalue weighted by molar-refractivity contribution is 6.02. The van der Waals surface area contributed by atoms with Gasteiger partial charge in [0.25, 0.3) is 5.91 Å². The molecule has 1 N–H and O–H groups in total. The fourth-order valence-corrected chi connectivity index (χ4v) is 5.22. The molecule has 158 valence electrons. The van der Waals surface area contributed by atoms with Gasteiger partial charge in [0.1, 0.15) is 0 Å². The Labute approximate surface area is 178 Å². The molecule has 0 aromatic heterocycles. The van der Waals surface area contributed by atoms with Crippen LogP contribution in [0.5, 0.6) is 0 Å². The van der Waals surface area contributed by atoms with Crippen LogP contribution in [0.3, 0.4) is 0 Å². The molecular weight excluding hydrogens is 376 g/mol. The minimum absolute atomic E-state index is 0.00744.